The van der Waals surface area contributed by atoms with E-state index >= 15 is 0 Å². The number of rotatable bonds is 5. The zero-order chi connectivity index (χ0) is 13.8. The van der Waals surface area contributed by atoms with Gasteiger partial charge in [-0.3, -0.25) is 0 Å². The molecule has 0 aliphatic rings. The molecule has 2 rings (SSSR count). The van der Waals surface area contributed by atoms with Crippen molar-refractivity contribution in [2.75, 3.05) is 6.54 Å². The average molecular weight is 326 g/mol. The van der Waals surface area contributed by atoms with Crippen LogP contribution in [-0.4, -0.2) is 6.54 Å². The van der Waals surface area contributed by atoms with Crippen LogP contribution in [0, 0.1) is 12.7 Å². The molecule has 0 radical (unpaired) electrons. The van der Waals surface area contributed by atoms with Crippen molar-refractivity contribution in [2.45, 2.75) is 26.3 Å². The van der Waals surface area contributed by atoms with Gasteiger partial charge in [-0.1, -0.05) is 28.9 Å². The van der Waals surface area contributed by atoms with Crippen LogP contribution >= 0.6 is 15.9 Å². The van der Waals surface area contributed by atoms with Gasteiger partial charge >= 0.3 is 0 Å². The van der Waals surface area contributed by atoms with Crippen molar-refractivity contribution < 1.29 is 8.81 Å². The molecule has 1 N–H and O–H groups in total. The van der Waals surface area contributed by atoms with Crippen molar-refractivity contribution in [1.82, 2.24) is 5.32 Å². The second kappa shape index (κ2) is 6.35. The van der Waals surface area contributed by atoms with Gasteiger partial charge in [-0.25, -0.2) is 4.39 Å². The average Bonchev–Trinajstić information content (AvgIpc) is 2.78. The molecule has 0 aliphatic carbocycles. The molecule has 1 unspecified atom stereocenters. The first-order valence-electron chi connectivity index (χ1n) is 6.33. The fraction of sp³-hybridized carbons (Fsp3) is 0.333. The van der Waals surface area contributed by atoms with Crippen LogP contribution in [0.5, 0.6) is 0 Å². The number of furan rings is 1. The Morgan fingerprint density at radius 1 is 1.37 bits per heavy atom. The molecule has 0 amide bonds. The largest absolute Gasteiger partial charge is 0.469 e. The van der Waals surface area contributed by atoms with E-state index in [1.54, 1.807) is 6.26 Å². The van der Waals surface area contributed by atoms with Crippen molar-refractivity contribution in [3.05, 3.63) is 57.7 Å². The van der Waals surface area contributed by atoms with Gasteiger partial charge in [0.05, 0.1) is 6.26 Å². The second-order valence-corrected chi connectivity index (χ2v) is 5.40. The van der Waals surface area contributed by atoms with Crippen LogP contribution in [0.25, 0.3) is 0 Å². The number of hydrogen-bond donors (Lipinski definition) is 1. The SMILES string of the molecule is CCNC(Cc1ccc(Br)cc1F)c1ccoc1C. The molecule has 0 saturated carbocycles. The van der Waals surface area contributed by atoms with Gasteiger partial charge in [0.1, 0.15) is 11.6 Å². The summed E-state index contributed by atoms with van der Waals surface area (Å²) >= 11 is 3.27. The van der Waals surface area contributed by atoms with E-state index in [4.69, 9.17) is 4.42 Å². The van der Waals surface area contributed by atoms with E-state index in [1.165, 1.54) is 6.07 Å². The lowest BCUT2D eigenvalue weighted by Gasteiger charge is -2.18. The lowest BCUT2D eigenvalue weighted by molar-refractivity contribution is 0.495. The standard InChI is InChI=1S/C15H17BrFNO/c1-3-18-15(13-6-7-19-10(13)2)8-11-4-5-12(16)9-14(11)17/h4-7,9,15,18H,3,8H2,1-2H3. The van der Waals surface area contributed by atoms with Crippen LogP contribution in [0.3, 0.4) is 0 Å². The third kappa shape index (κ3) is 3.45. The molecule has 1 atom stereocenters. The topological polar surface area (TPSA) is 25.2 Å². The number of hydrogen-bond acceptors (Lipinski definition) is 2. The highest BCUT2D eigenvalue weighted by Gasteiger charge is 2.17. The maximum Gasteiger partial charge on any atom is 0.127 e. The fourth-order valence-corrected chi connectivity index (χ4v) is 2.54. The quantitative estimate of drug-likeness (QED) is 0.882. The summed E-state index contributed by atoms with van der Waals surface area (Å²) in [6, 6.07) is 7.20. The molecule has 0 saturated heterocycles. The van der Waals surface area contributed by atoms with E-state index in [1.807, 2.05) is 32.0 Å². The molecular weight excluding hydrogens is 309 g/mol. The highest BCUT2D eigenvalue weighted by molar-refractivity contribution is 9.10. The Balaban J connectivity index is 2.24. The van der Waals surface area contributed by atoms with Crippen molar-refractivity contribution >= 4 is 15.9 Å². The van der Waals surface area contributed by atoms with E-state index in [9.17, 15) is 4.39 Å². The number of likely N-dealkylation sites (N-methyl/N-ethyl adjacent to an activating group) is 1. The minimum atomic E-state index is -0.182. The molecule has 19 heavy (non-hydrogen) atoms. The molecule has 0 bridgehead atoms. The Labute approximate surface area is 121 Å². The Kier molecular flexibility index (Phi) is 4.77. The molecule has 2 aromatic rings. The van der Waals surface area contributed by atoms with Crippen LogP contribution in [0.4, 0.5) is 4.39 Å². The Morgan fingerprint density at radius 3 is 2.74 bits per heavy atom. The molecule has 2 nitrogen and oxygen atoms in total. The first kappa shape index (κ1) is 14.3. The van der Waals surface area contributed by atoms with Crippen LogP contribution in [0.15, 0.2) is 39.4 Å². The van der Waals surface area contributed by atoms with Crippen molar-refractivity contribution in [3.63, 3.8) is 0 Å². The Morgan fingerprint density at radius 2 is 2.16 bits per heavy atom. The monoisotopic (exact) mass is 325 g/mol. The molecule has 0 spiro atoms. The predicted molar refractivity (Wildman–Crippen MR) is 77.7 cm³/mol. The molecule has 1 aromatic carbocycles. The third-order valence-corrected chi connectivity index (χ3v) is 3.66. The zero-order valence-electron chi connectivity index (χ0n) is 11.0. The molecular formula is C15H17BrFNO. The van der Waals surface area contributed by atoms with E-state index in [2.05, 4.69) is 21.2 Å². The van der Waals surface area contributed by atoms with Crippen molar-refractivity contribution in [3.8, 4) is 0 Å². The minimum absolute atomic E-state index is 0.0689. The highest BCUT2D eigenvalue weighted by Crippen LogP contribution is 2.25. The molecule has 102 valence electrons. The summed E-state index contributed by atoms with van der Waals surface area (Å²) in [6.45, 7) is 4.80. The summed E-state index contributed by atoms with van der Waals surface area (Å²) in [7, 11) is 0. The fourth-order valence-electron chi connectivity index (χ4n) is 2.20. The molecule has 4 heteroatoms. The summed E-state index contributed by atoms with van der Waals surface area (Å²) < 4.78 is 20.0. The van der Waals surface area contributed by atoms with E-state index in [-0.39, 0.29) is 11.9 Å². The Bertz CT molecular complexity index is 553. The van der Waals surface area contributed by atoms with Gasteiger partial charge in [0.15, 0.2) is 0 Å². The van der Waals surface area contributed by atoms with Gasteiger partial charge in [0.2, 0.25) is 0 Å². The lowest BCUT2D eigenvalue weighted by atomic mass is 9.99. The zero-order valence-corrected chi connectivity index (χ0v) is 12.6. The maximum absolute atomic E-state index is 13.9. The van der Waals surface area contributed by atoms with Crippen LogP contribution in [0.1, 0.15) is 29.9 Å². The van der Waals surface area contributed by atoms with Crippen LogP contribution in [0.2, 0.25) is 0 Å². The molecule has 1 aromatic heterocycles. The summed E-state index contributed by atoms with van der Waals surface area (Å²) in [5.74, 6) is 0.696. The van der Waals surface area contributed by atoms with E-state index < -0.39 is 0 Å². The maximum atomic E-state index is 13.9. The first-order valence-corrected chi connectivity index (χ1v) is 7.12. The van der Waals surface area contributed by atoms with Gasteiger partial charge in [0, 0.05) is 16.1 Å². The Hall–Kier alpha value is -1.13. The third-order valence-electron chi connectivity index (χ3n) is 3.16. The van der Waals surface area contributed by atoms with E-state index in [0.29, 0.717) is 12.0 Å². The highest BCUT2D eigenvalue weighted by atomic mass is 79.9. The second-order valence-electron chi connectivity index (χ2n) is 4.48. The van der Waals surface area contributed by atoms with Gasteiger partial charge < -0.3 is 9.73 Å². The minimum Gasteiger partial charge on any atom is -0.469 e. The van der Waals surface area contributed by atoms with Crippen molar-refractivity contribution in [2.24, 2.45) is 0 Å². The van der Waals surface area contributed by atoms with Crippen molar-refractivity contribution in [1.29, 1.82) is 0 Å². The summed E-state index contributed by atoms with van der Waals surface area (Å²) in [5, 5.41) is 3.38. The van der Waals surface area contributed by atoms with Gasteiger partial charge in [-0.05, 0) is 43.7 Å². The number of halogens is 2. The first-order chi connectivity index (χ1) is 9.11. The van der Waals surface area contributed by atoms with Gasteiger partial charge in [0.25, 0.3) is 0 Å². The summed E-state index contributed by atoms with van der Waals surface area (Å²) in [4.78, 5) is 0. The number of nitrogens with one attached hydrogen (secondary N) is 1. The number of aryl methyl sites for hydroxylation is 1. The lowest BCUT2D eigenvalue weighted by Crippen LogP contribution is -2.23. The summed E-state index contributed by atoms with van der Waals surface area (Å²) in [5.41, 5.74) is 1.79. The smallest absolute Gasteiger partial charge is 0.127 e. The number of benzene rings is 1. The molecule has 0 aliphatic heterocycles. The molecule has 1 heterocycles. The normalized spacial score (nSPS) is 12.6. The van der Waals surface area contributed by atoms with Gasteiger partial charge in [-0.15, -0.1) is 0 Å². The van der Waals surface area contributed by atoms with Gasteiger partial charge in [-0.2, -0.15) is 0 Å². The predicted octanol–water partition coefficient (Wildman–Crippen LogP) is 4.38. The van der Waals surface area contributed by atoms with Crippen LogP contribution < -0.4 is 5.32 Å². The van der Waals surface area contributed by atoms with E-state index in [0.717, 1.165) is 22.3 Å². The van der Waals surface area contributed by atoms with Crippen LogP contribution in [-0.2, 0) is 6.42 Å². The summed E-state index contributed by atoms with van der Waals surface area (Å²) in [6.07, 6.45) is 2.28. The molecule has 0 fully saturated rings.